The molecule has 0 aliphatic heterocycles. The highest BCUT2D eigenvalue weighted by Crippen LogP contribution is 2.39. The number of hydrogen-bond donors (Lipinski definition) is 0. The number of methoxy groups -OCH3 is 1. The van der Waals surface area contributed by atoms with Crippen LogP contribution in [0, 0.1) is 0 Å². The quantitative estimate of drug-likeness (QED) is 0.329. The first kappa shape index (κ1) is 21.5. The highest BCUT2D eigenvalue weighted by Gasteiger charge is 2.26. The molecule has 0 bridgehead atoms. The summed E-state index contributed by atoms with van der Waals surface area (Å²) in [6, 6.07) is 16.7. The van der Waals surface area contributed by atoms with Crippen LogP contribution in [0.1, 0.15) is 0 Å². The molecule has 0 spiro atoms. The molecule has 0 atom stereocenters. The zero-order valence-corrected chi connectivity index (χ0v) is 19.0. The van der Waals surface area contributed by atoms with Crippen LogP contribution in [-0.2, 0) is 9.84 Å². The van der Waals surface area contributed by atoms with Gasteiger partial charge in [-0.25, -0.2) is 23.1 Å². The SMILES string of the molecule is COc1ccc(-c2nc3c(cnn3-c3ccccc3)c(N=CN(C)C)c2S(C)(=O)=O)cc1. The maximum atomic E-state index is 13.0. The topological polar surface area (TPSA) is 89.7 Å². The fourth-order valence-electron chi connectivity index (χ4n) is 3.36. The maximum Gasteiger partial charge on any atom is 0.179 e. The van der Waals surface area contributed by atoms with Crippen LogP contribution in [0.15, 0.2) is 70.7 Å². The van der Waals surface area contributed by atoms with Crippen molar-refractivity contribution in [2.24, 2.45) is 4.99 Å². The van der Waals surface area contributed by atoms with Crippen molar-refractivity contribution >= 4 is 32.9 Å². The van der Waals surface area contributed by atoms with E-state index in [1.165, 1.54) is 6.26 Å². The number of hydrogen-bond acceptors (Lipinski definition) is 6. The lowest BCUT2D eigenvalue weighted by atomic mass is 10.1. The summed E-state index contributed by atoms with van der Waals surface area (Å²) in [4.78, 5) is 11.1. The van der Waals surface area contributed by atoms with E-state index in [1.54, 1.807) is 53.5 Å². The molecule has 0 radical (unpaired) electrons. The van der Waals surface area contributed by atoms with E-state index in [0.717, 1.165) is 5.69 Å². The molecule has 2 heterocycles. The van der Waals surface area contributed by atoms with Crippen LogP contribution in [-0.4, -0.2) is 61.9 Å². The van der Waals surface area contributed by atoms with Gasteiger partial charge in [0.2, 0.25) is 0 Å². The zero-order chi connectivity index (χ0) is 22.9. The average Bonchev–Trinajstić information content (AvgIpc) is 3.20. The third-order valence-corrected chi connectivity index (χ3v) is 5.93. The lowest BCUT2D eigenvalue weighted by Gasteiger charge is -2.14. The Kier molecular flexibility index (Phi) is 5.67. The first-order valence-corrected chi connectivity index (χ1v) is 11.7. The van der Waals surface area contributed by atoms with Gasteiger partial charge in [-0.15, -0.1) is 0 Å². The normalized spacial score (nSPS) is 11.9. The molecule has 164 valence electrons. The molecule has 0 aliphatic rings. The van der Waals surface area contributed by atoms with E-state index in [0.29, 0.717) is 33.7 Å². The van der Waals surface area contributed by atoms with Crippen LogP contribution in [0.5, 0.6) is 5.75 Å². The Hall–Kier alpha value is -3.72. The summed E-state index contributed by atoms with van der Waals surface area (Å²) in [5.41, 5.74) is 2.58. The van der Waals surface area contributed by atoms with Gasteiger partial charge in [0.25, 0.3) is 0 Å². The second-order valence-corrected chi connectivity index (χ2v) is 9.43. The van der Waals surface area contributed by atoms with Gasteiger partial charge in [-0.05, 0) is 36.4 Å². The molecule has 0 N–H and O–H groups in total. The molecule has 8 nitrogen and oxygen atoms in total. The van der Waals surface area contributed by atoms with Crippen LogP contribution in [0.2, 0.25) is 0 Å². The molecule has 32 heavy (non-hydrogen) atoms. The Morgan fingerprint density at radius 1 is 1.06 bits per heavy atom. The van der Waals surface area contributed by atoms with E-state index in [2.05, 4.69) is 10.1 Å². The smallest absolute Gasteiger partial charge is 0.179 e. The van der Waals surface area contributed by atoms with E-state index in [-0.39, 0.29) is 4.90 Å². The van der Waals surface area contributed by atoms with Crippen molar-refractivity contribution in [3.63, 3.8) is 0 Å². The number of rotatable bonds is 6. The maximum absolute atomic E-state index is 13.0. The molecule has 0 fully saturated rings. The highest BCUT2D eigenvalue weighted by molar-refractivity contribution is 7.91. The van der Waals surface area contributed by atoms with Crippen molar-refractivity contribution in [1.29, 1.82) is 0 Å². The molecular formula is C23H23N5O3S. The van der Waals surface area contributed by atoms with Crippen LogP contribution in [0.4, 0.5) is 5.69 Å². The standard InChI is InChI=1S/C23H23N5O3S/c1-27(2)15-24-21-19-14-25-28(17-8-6-5-7-9-17)23(19)26-20(22(21)32(4,29)30)16-10-12-18(31-3)13-11-16/h5-15H,1-4H3. The fraction of sp³-hybridized carbons (Fsp3) is 0.174. The molecule has 0 unspecified atom stereocenters. The molecule has 2 aromatic carbocycles. The number of para-hydroxylation sites is 1. The minimum Gasteiger partial charge on any atom is -0.497 e. The molecular weight excluding hydrogens is 426 g/mol. The molecule has 4 aromatic rings. The van der Waals surface area contributed by atoms with Crippen molar-refractivity contribution in [2.45, 2.75) is 4.90 Å². The number of pyridine rings is 1. The second kappa shape index (κ2) is 8.43. The molecule has 4 rings (SSSR count). The Labute approximate surface area is 186 Å². The summed E-state index contributed by atoms with van der Waals surface area (Å²) < 4.78 is 32.8. The molecule has 2 aromatic heterocycles. The molecule has 9 heteroatoms. The number of aliphatic imine (C=N–C) groups is 1. The second-order valence-electron chi connectivity index (χ2n) is 7.48. The predicted octanol–water partition coefficient (Wildman–Crippen LogP) is 3.72. The minimum absolute atomic E-state index is 0.0564. The average molecular weight is 450 g/mol. The van der Waals surface area contributed by atoms with E-state index in [9.17, 15) is 8.42 Å². The first-order valence-electron chi connectivity index (χ1n) is 9.82. The number of aromatic nitrogens is 3. The zero-order valence-electron chi connectivity index (χ0n) is 18.2. The fourth-order valence-corrected chi connectivity index (χ4v) is 4.39. The van der Waals surface area contributed by atoms with Gasteiger partial charge < -0.3 is 9.64 Å². The largest absolute Gasteiger partial charge is 0.497 e. The van der Waals surface area contributed by atoms with Crippen LogP contribution < -0.4 is 4.74 Å². The third-order valence-electron chi connectivity index (χ3n) is 4.80. The summed E-state index contributed by atoms with van der Waals surface area (Å²) >= 11 is 0. The van der Waals surface area contributed by atoms with Crippen molar-refractivity contribution in [2.75, 3.05) is 27.5 Å². The summed E-state index contributed by atoms with van der Waals surface area (Å²) in [5.74, 6) is 0.663. The van der Waals surface area contributed by atoms with Gasteiger partial charge in [0, 0.05) is 25.9 Å². The van der Waals surface area contributed by atoms with Gasteiger partial charge >= 0.3 is 0 Å². The number of ether oxygens (including phenoxy) is 1. The van der Waals surface area contributed by atoms with E-state index in [4.69, 9.17) is 9.72 Å². The Morgan fingerprint density at radius 3 is 2.34 bits per heavy atom. The third kappa shape index (κ3) is 4.06. The minimum atomic E-state index is -3.69. The molecule has 0 saturated carbocycles. The van der Waals surface area contributed by atoms with Crippen molar-refractivity contribution < 1.29 is 13.2 Å². The van der Waals surface area contributed by atoms with Gasteiger partial charge in [0.05, 0.1) is 42.1 Å². The lowest BCUT2D eigenvalue weighted by molar-refractivity contribution is 0.415. The van der Waals surface area contributed by atoms with Crippen LogP contribution in [0.25, 0.3) is 28.0 Å². The van der Waals surface area contributed by atoms with Gasteiger partial charge in [0.1, 0.15) is 10.6 Å². The summed E-state index contributed by atoms with van der Waals surface area (Å²) in [5, 5.41) is 5.04. The summed E-state index contributed by atoms with van der Waals surface area (Å²) in [6.45, 7) is 0. The van der Waals surface area contributed by atoms with E-state index < -0.39 is 9.84 Å². The predicted molar refractivity (Wildman–Crippen MR) is 126 cm³/mol. The van der Waals surface area contributed by atoms with Crippen LogP contribution >= 0.6 is 0 Å². The van der Waals surface area contributed by atoms with Gasteiger partial charge in [-0.2, -0.15) is 5.10 Å². The van der Waals surface area contributed by atoms with Crippen molar-refractivity contribution in [3.05, 3.63) is 60.8 Å². The lowest BCUT2D eigenvalue weighted by Crippen LogP contribution is -2.09. The summed E-state index contributed by atoms with van der Waals surface area (Å²) in [6.07, 6.45) is 4.34. The Morgan fingerprint density at radius 2 is 1.75 bits per heavy atom. The molecule has 0 saturated heterocycles. The van der Waals surface area contributed by atoms with Gasteiger partial charge in [-0.3, -0.25) is 0 Å². The van der Waals surface area contributed by atoms with Crippen molar-refractivity contribution in [3.8, 4) is 22.7 Å². The monoisotopic (exact) mass is 449 g/mol. The first-order chi connectivity index (χ1) is 15.3. The van der Waals surface area contributed by atoms with Gasteiger partial charge in [-0.1, -0.05) is 18.2 Å². The number of fused-ring (bicyclic) bond motifs is 1. The summed E-state index contributed by atoms with van der Waals surface area (Å²) in [7, 11) is 1.53. The van der Waals surface area contributed by atoms with Gasteiger partial charge in [0.15, 0.2) is 15.5 Å². The van der Waals surface area contributed by atoms with E-state index >= 15 is 0 Å². The molecule has 0 aliphatic carbocycles. The highest BCUT2D eigenvalue weighted by atomic mass is 32.2. The number of nitrogens with zero attached hydrogens (tertiary/aromatic N) is 5. The number of sulfone groups is 1. The van der Waals surface area contributed by atoms with Crippen molar-refractivity contribution in [1.82, 2.24) is 19.7 Å². The Bertz CT molecular complexity index is 1390. The Balaban J connectivity index is 2.11. The molecule has 0 amide bonds. The van der Waals surface area contributed by atoms with Crippen LogP contribution in [0.3, 0.4) is 0 Å². The van der Waals surface area contributed by atoms with E-state index in [1.807, 2.05) is 44.4 Å². The number of benzene rings is 2.